The minimum absolute atomic E-state index is 0.0987. The highest BCUT2D eigenvalue weighted by Gasteiger charge is 2.31. The number of likely N-dealkylation sites (tertiary alicyclic amines) is 1. The lowest BCUT2D eigenvalue weighted by Crippen LogP contribution is -2.36. The molecule has 2 heterocycles. The summed E-state index contributed by atoms with van der Waals surface area (Å²) in [6.07, 6.45) is 0.197. The highest BCUT2D eigenvalue weighted by molar-refractivity contribution is 7.09. The van der Waals surface area contributed by atoms with Crippen LogP contribution in [0.25, 0.3) is 11.3 Å². The Hall–Kier alpha value is -3.07. The van der Waals surface area contributed by atoms with Gasteiger partial charge in [-0.1, -0.05) is 12.1 Å². The Balaban J connectivity index is 1.51. The van der Waals surface area contributed by atoms with Crippen LogP contribution < -0.4 is 5.32 Å². The van der Waals surface area contributed by atoms with E-state index >= 15 is 0 Å². The normalized spacial score (nSPS) is 13.7. The molecule has 8 nitrogen and oxygen atoms in total. The Bertz CT molecular complexity index is 892. The van der Waals surface area contributed by atoms with E-state index in [0.29, 0.717) is 5.69 Å². The molecule has 1 aliphatic heterocycles. The Morgan fingerprint density at radius 1 is 1.26 bits per heavy atom. The van der Waals surface area contributed by atoms with E-state index in [-0.39, 0.29) is 12.8 Å². The number of hydrogen-bond acceptors (Lipinski definition) is 7. The molecule has 3 rings (SSSR count). The van der Waals surface area contributed by atoms with Crippen molar-refractivity contribution in [3.8, 4) is 11.3 Å². The fraction of sp³-hybridized carbons (Fsp3) is 0.278. The van der Waals surface area contributed by atoms with Crippen molar-refractivity contribution in [2.24, 2.45) is 0 Å². The molecule has 3 amide bonds. The summed E-state index contributed by atoms with van der Waals surface area (Å²) in [5.74, 6) is -2.14. The van der Waals surface area contributed by atoms with Gasteiger partial charge < -0.3 is 10.1 Å². The number of carbonyl (C=O) groups excluding carboxylic acids is 4. The molecule has 2 aromatic rings. The van der Waals surface area contributed by atoms with E-state index in [1.807, 2.05) is 18.4 Å². The van der Waals surface area contributed by atoms with Crippen LogP contribution in [0.3, 0.4) is 0 Å². The van der Waals surface area contributed by atoms with Crippen molar-refractivity contribution in [3.05, 3.63) is 34.7 Å². The van der Waals surface area contributed by atoms with Gasteiger partial charge in [0, 0.05) is 29.5 Å². The lowest BCUT2D eigenvalue weighted by Gasteiger charge is -2.13. The van der Waals surface area contributed by atoms with Crippen molar-refractivity contribution >= 4 is 40.7 Å². The third-order valence-corrected chi connectivity index (χ3v) is 4.64. The number of rotatable bonds is 6. The minimum atomic E-state index is -0.805. The van der Waals surface area contributed by atoms with Crippen LogP contribution in [0.15, 0.2) is 29.6 Å². The highest BCUT2D eigenvalue weighted by Crippen LogP contribution is 2.24. The number of nitrogens with one attached hydrogen (secondary N) is 1. The van der Waals surface area contributed by atoms with Crippen LogP contribution >= 0.6 is 11.3 Å². The van der Waals surface area contributed by atoms with Crippen molar-refractivity contribution < 1.29 is 23.9 Å². The molecule has 0 saturated carbocycles. The van der Waals surface area contributed by atoms with Crippen LogP contribution in [0.5, 0.6) is 0 Å². The Kier molecular flexibility index (Phi) is 5.60. The van der Waals surface area contributed by atoms with Crippen LogP contribution in [0.4, 0.5) is 5.69 Å². The first kappa shape index (κ1) is 18.7. The summed E-state index contributed by atoms with van der Waals surface area (Å²) in [5, 5.41) is 5.51. The smallest absolute Gasteiger partial charge is 0.326 e. The zero-order chi connectivity index (χ0) is 19.4. The monoisotopic (exact) mass is 387 g/mol. The van der Waals surface area contributed by atoms with Crippen molar-refractivity contribution in [3.63, 3.8) is 0 Å². The van der Waals surface area contributed by atoms with Gasteiger partial charge in [-0.05, 0) is 19.1 Å². The maximum atomic E-state index is 12.0. The molecular weight excluding hydrogens is 370 g/mol. The second-order valence-corrected chi connectivity index (χ2v) is 6.98. The third-order valence-electron chi connectivity index (χ3n) is 3.87. The number of anilines is 1. The van der Waals surface area contributed by atoms with Crippen LogP contribution in [-0.2, 0) is 23.9 Å². The fourth-order valence-corrected chi connectivity index (χ4v) is 3.19. The van der Waals surface area contributed by atoms with Gasteiger partial charge in [-0.15, -0.1) is 11.3 Å². The molecule has 140 valence electrons. The molecule has 1 saturated heterocycles. The largest absolute Gasteiger partial charge is 0.454 e. The standard InChI is InChI=1S/C18H17N3O5S/c1-11-19-14(10-27-11)12-3-2-4-13(7-12)20-15(22)9-26-18(25)8-21-16(23)5-6-17(21)24/h2-4,7,10H,5-6,8-9H2,1H3,(H,20,22). The summed E-state index contributed by atoms with van der Waals surface area (Å²) in [7, 11) is 0. The zero-order valence-corrected chi connectivity index (χ0v) is 15.4. The number of imide groups is 1. The maximum Gasteiger partial charge on any atom is 0.326 e. The first-order valence-corrected chi connectivity index (χ1v) is 9.11. The number of ether oxygens (including phenoxy) is 1. The van der Waals surface area contributed by atoms with Crippen LogP contribution in [0.1, 0.15) is 17.8 Å². The fourth-order valence-electron chi connectivity index (χ4n) is 2.57. The van der Waals surface area contributed by atoms with E-state index in [1.165, 1.54) is 11.3 Å². The van der Waals surface area contributed by atoms with Crippen molar-refractivity contribution in [2.75, 3.05) is 18.5 Å². The number of esters is 1. The molecule has 1 aromatic carbocycles. The molecule has 0 atom stereocenters. The van der Waals surface area contributed by atoms with Crippen LogP contribution in [0, 0.1) is 6.92 Å². The number of hydrogen-bond donors (Lipinski definition) is 1. The molecule has 0 unspecified atom stereocenters. The summed E-state index contributed by atoms with van der Waals surface area (Å²) < 4.78 is 4.85. The summed E-state index contributed by atoms with van der Waals surface area (Å²) in [6.45, 7) is 0.941. The molecule has 0 bridgehead atoms. The van der Waals surface area contributed by atoms with Gasteiger partial charge in [0.25, 0.3) is 5.91 Å². The number of carbonyl (C=O) groups is 4. The lowest BCUT2D eigenvalue weighted by atomic mass is 10.1. The van der Waals surface area contributed by atoms with E-state index in [1.54, 1.807) is 18.2 Å². The molecule has 0 radical (unpaired) electrons. The summed E-state index contributed by atoms with van der Waals surface area (Å²) in [6, 6.07) is 7.16. The average molecular weight is 387 g/mol. The Labute approximate surface area is 159 Å². The van der Waals surface area contributed by atoms with E-state index in [9.17, 15) is 19.2 Å². The van der Waals surface area contributed by atoms with Gasteiger partial charge in [-0.3, -0.25) is 24.1 Å². The number of aromatic nitrogens is 1. The molecule has 1 aliphatic rings. The predicted molar refractivity (Wildman–Crippen MR) is 97.8 cm³/mol. The molecule has 0 spiro atoms. The van der Waals surface area contributed by atoms with E-state index in [4.69, 9.17) is 4.74 Å². The molecule has 1 fully saturated rings. The topological polar surface area (TPSA) is 106 Å². The van der Waals surface area contributed by atoms with Gasteiger partial charge in [-0.25, -0.2) is 4.98 Å². The summed E-state index contributed by atoms with van der Waals surface area (Å²) in [4.78, 5) is 51.9. The molecule has 1 aromatic heterocycles. The lowest BCUT2D eigenvalue weighted by molar-refractivity contribution is -0.153. The Morgan fingerprint density at radius 2 is 2.00 bits per heavy atom. The SMILES string of the molecule is Cc1nc(-c2cccc(NC(=O)COC(=O)CN3C(=O)CCC3=O)c2)cs1. The second kappa shape index (κ2) is 8.09. The molecular formula is C18H17N3O5S. The quantitative estimate of drug-likeness (QED) is 0.598. The van der Waals surface area contributed by atoms with Gasteiger partial charge >= 0.3 is 5.97 Å². The van der Waals surface area contributed by atoms with Gasteiger partial charge in [-0.2, -0.15) is 0 Å². The van der Waals surface area contributed by atoms with Crippen molar-refractivity contribution in [1.82, 2.24) is 9.88 Å². The number of aryl methyl sites for hydroxylation is 1. The van der Waals surface area contributed by atoms with Gasteiger partial charge in [0.1, 0.15) is 6.54 Å². The zero-order valence-electron chi connectivity index (χ0n) is 14.6. The van der Waals surface area contributed by atoms with Gasteiger partial charge in [0.15, 0.2) is 6.61 Å². The highest BCUT2D eigenvalue weighted by atomic mass is 32.1. The summed E-state index contributed by atoms with van der Waals surface area (Å²) >= 11 is 1.54. The number of nitrogens with zero attached hydrogens (tertiary/aromatic N) is 2. The van der Waals surface area contributed by atoms with Crippen LogP contribution in [-0.4, -0.2) is 46.7 Å². The molecule has 9 heteroatoms. The third kappa shape index (κ3) is 4.76. The number of amides is 3. The molecule has 27 heavy (non-hydrogen) atoms. The van der Waals surface area contributed by atoms with Crippen molar-refractivity contribution in [1.29, 1.82) is 0 Å². The van der Waals surface area contributed by atoms with Crippen molar-refractivity contribution in [2.45, 2.75) is 19.8 Å². The van der Waals surface area contributed by atoms with Crippen LogP contribution in [0.2, 0.25) is 0 Å². The van der Waals surface area contributed by atoms with Gasteiger partial charge in [0.2, 0.25) is 11.8 Å². The number of thiazole rings is 1. The second-order valence-electron chi connectivity index (χ2n) is 5.92. The summed E-state index contributed by atoms with van der Waals surface area (Å²) in [5.41, 5.74) is 2.23. The average Bonchev–Trinajstić information content (AvgIpc) is 3.21. The van der Waals surface area contributed by atoms with E-state index in [2.05, 4.69) is 10.3 Å². The maximum absolute atomic E-state index is 12.0. The molecule has 1 N–H and O–H groups in total. The Morgan fingerprint density at radius 3 is 2.67 bits per heavy atom. The number of benzene rings is 1. The first-order chi connectivity index (χ1) is 12.9. The minimum Gasteiger partial charge on any atom is -0.454 e. The predicted octanol–water partition coefficient (Wildman–Crippen LogP) is 1.75. The van der Waals surface area contributed by atoms with E-state index < -0.39 is 36.8 Å². The van der Waals surface area contributed by atoms with Gasteiger partial charge in [0.05, 0.1) is 10.7 Å². The first-order valence-electron chi connectivity index (χ1n) is 8.23. The van der Waals surface area contributed by atoms with E-state index in [0.717, 1.165) is 21.2 Å². The molecule has 0 aliphatic carbocycles.